The maximum absolute atomic E-state index is 12.3. The van der Waals surface area contributed by atoms with Gasteiger partial charge in [-0.25, -0.2) is 5.01 Å². The van der Waals surface area contributed by atoms with Crippen LogP contribution < -0.4 is 16.5 Å². The van der Waals surface area contributed by atoms with E-state index in [2.05, 4.69) is 10.7 Å². The van der Waals surface area contributed by atoms with Crippen molar-refractivity contribution in [2.24, 2.45) is 5.73 Å². The molecular weight excluding hydrogens is 328 g/mol. The molecule has 0 aromatic heterocycles. The number of nitrogens with zero attached hydrogens (tertiary/aromatic N) is 2. The summed E-state index contributed by atoms with van der Waals surface area (Å²) in [5, 5.41) is 19.9. The number of carbonyl (C=O) groups is 3. The Morgan fingerprint density at radius 1 is 1.12 bits per heavy atom. The number of rotatable bonds is 5. The highest BCUT2D eigenvalue weighted by Crippen LogP contribution is 2.07. The molecule has 25 heavy (non-hydrogen) atoms. The lowest BCUT2D eigenvalue weighted by Gasteiger charge is -2.34. The van der Waals surface area contributed by atoms with E-state index in [1.165, 1.54) is 12.1 Å². The van der Waals surface area contributed by atoms with Gasteiger partial charge in [-0.15, -0.1) is 0 Å². The third kappa shape index (κ3) is 5.18. The first-order valence-electron chi connectivity index (χ1n) is 7.62. The van der Waals surface area contributed by atoms with Crippen LogP contribution >= 0.6 is 0 Å². The highest BCUT2D eigenvalue weighted by Gasteiger charge is 2.20. The van der Waals surface area contributed by atoms with Crippen LogP contribution in [0.25, 0.3) is 0 Å². The molecule has 1 aromatic carbocycles. The highest BCUT2D eigenvalue weighted by atomic mass is 16.4. The maximum atomic E-state index is 12.3. The number of hydrogen-bond donors (Lipinski definition) is 5. The quantitative estimate of drug-likeness (QED) is 0.326. The van der Waals surface area contributed by atoms with Crippen molar-refractivity contribution in [1.29, 1.82) is 5.41 Å². The second kappa shape index (κ2) is 8.11. The first kappa shape index (κ1) is 18.2. The fourth-order valence-electron chi connectivity index (χ4n) is 2.33. The number of carbonyl (C=O) groups excluding carboxylic acids is 2. The number of guanidine groups is 1. The van der Waals surface area contributed by atoms with Gasteiger partial charge in [-0.1, -0.05) is 6.07 Å². The number of nitrogens with one attached hydrogen (secondary N) is 3. The molecule has 0 bridgehead atoms. The van der Waals surface area contributed by atoms with Gasteiger partial charge < -0.3 is 21.1 Å². The molecule has 0 spiro atoms. The van der Waals surface area contributed by atoms with Gasteiger partial charge in [-0.3, -0.25) is 25.2 Å². The molecule has 0 saturated carbocycles. The van der Waals surface area contributed by atoms with Crippen molar-refractivity contribution in [1.82, 2.24) is 20.7 Å². The molecule has 2 rings (SSSR count). The lowest BCUT2D eigenvalue weighted by atomic mass is 10.1. The van der Waals surface area contributed by atoms with Crippen LogP contribution in [0.3, 0.4) is 0 Å². The van der Waals surface area contributed by atoms with Crippen LogP contribution in [-0.2, 0) is 4.79 Å². The summed E-state index contributed by atoms with van der Waals surface area (Å²) in [4.78, 5) is 36.4. The van der Waals surface area contributed by atoms with Gasteiger partial charge in [-0.2, -0.15) is 0 Å². The smallest absolute Gasteiger partial charge is 0.322 e. The van der Waals surface area contributed by atoms with Gasteiger partial charge in [0.25, 0.3) is 11.8 Å². The molecule has 0 aliphatic carbocycles. The van der Waals surface area contributed by atoms with Crippen molar-refractivity contribution in [3.05, 3.63) is 35.4 Å². The van der Waals surface area contributed by atoms with Crippen LogP contribution in [0.2, 0.25) is 0 Å². The number of nitrogens with two attached hydrogens (primary N) is 1. The second-order valence-electron chi connectivity index (χ2n) is 5.46. The molecule has 10 nitrogen and oxygen atoms in total. The van der Waals surface area contributed by atoms with E-state index in [1.54, 1.807) is 22.0 Å². The summed E-state index contributed by atoms with van der Waals surface area (Å²) in [6, 6.07) is 6.02. The first-order chi connectivity index (χ1) is 11.9. The minimum absolute atomic E-state index is 0.00560. The molecule has 1 aliphatic heterocycles. The minimum atomic E-state index is -1.15. The molecule has 0 unspecified atom stereocenters. The summed E-state index contributed by atoms with van der Waals surface area (Å²) < 4.78 is 0. The largest absolute Gasteiger partial charge is 0.480 e. The molecule has 6 N–H and O–H groups in total. The lowest BCUT2D eigenvalue weighted by molar-refractivity contribution is -0.135. The van der Waals surface area contributed by atoms with Crippen molar-refractivity contribution in [2.75, 3.05) is 32.7 Å². The zero-order valence-corrected chi connectivity index (χ0v) is 13.5. The van der Waals surface area contributed by atoms with E-state index in [4.69, 9.17) is 16.2 Å². The van der Waals surface area contributed by atoms with E-state index in [0.29, 0.717) is 26.2 Å². The van der Waals surface area contributed by atoms with E-state index in [1.807, 2.05) is 0 Å². The summed E-state index contributed by atoms with van der Waals surface area (Å²) in [6.45, 7) is 1.62. The number of benzene rings is 1. The summed E-state index contributed by atoms with van der Waals surface area (Å²) in [5.74, 6) is -2.07. The Morgan fingerprint density at radius 2 is 1.72 bits per heavy atom. The van der Waals surface area contributed by atoms with Gasteiger partial charge in [0.05, 0.1) is 0 Å². The van der Waals surface area contributed by atoms with Crippen LogP contribution in [0.5, 0.6) is 0 Å². The van der Waals surface area contributed by atoms with Gasteiger partial charge in [0.2, 0.25) is 0 Å². The number of carboxylic acids is 1. The van der Waals surface area contributed by atoms with Crippen molar-refractivity contribution >= 4 is 23.7 Å². The fourth-order valence-corrected chi connectivity index (χ4v) is 2.33. The molecule has 1 aromatic rings. The number of carboxylic acid groups (broad SMARTS) is 1. The van der Waals surface area contributed by atoms with Gasteiger partial charge in [0, 0.05) is 37.3 Å². The van der Waals surface area contributed by atoms with Crippen LogP contribution in [0.1, 0.15) is 20.7 Å². The van der Waals surface area contributed by atoms with Crippen molar-refractivity contribution in [3.8, 4) is 0 Å². The number of aliphatic carboxylic acids is 1. The zero-order chi connectivity index (χ0) is 18.4. The second-order valence-corrected chi connectivity index (χ2v) is 5.46. The Balaban J connectivity index is 1.94. The predicted octanol–water partition coefficient (Wildman–Crippen LogP) is -1.34. The SMILES string of the molecule is N=C(N)N1CCN(NC(=O)c2cccc(C(=O)NCC(=O)O)c2)CC1. The van der Waals surface area contributed by atoms with E-state index in [9.17, 15) is 14.4 Å². The number of piperazine rings is 1. The zero-order valence-electron chi connectivity index (χ0n) is 13.5. The molecule has 2 amide bonds. The molecule has 1 aliphatic rings. The molecule has 1 heterocycles. The van der Waals surface area contributed by atoms with E-state index >= 15 is 0 Å². The fraction of sp³-hybridized carbons (Fsp3) is 0.333. The standard InChI is InChI=1S/C15H20N6O4/c16-15(17)20-4-6-21(7-5-20)19-14(25)11-3-1-2-10(8-11)13(24)18-9-12(22)23/h1-3,8H,4-7,9H2,(H3,16,17)(H,18,24)(H,19,25)(H,22,23). The normalized spacial score (nSPS) is 14.6. The van der Waals surface area contributed by atoms with E-state index in [0.717, 1.165) is 0 Å². The lowest BCUT2D eigenvalue weighted by Crippen LogP contribution is -2.55. The van der Waals surface area contributed by atoms with E-state index < -0.39 is 18.4 Å². The Hall–Kier alpha value is -3.14. The third-order valence-electron chi connectivity index (χ3n) is 3.67. The van der Waals surface area contributed by atoms with Crippen LogP contribution in [0.4, 0.5) is 0 Å². The average molecular weight is 348 g/mol. The van der Waals surface area contributed by atoms with Crippen molar-refractivity contribution < 1.29 is 19.5 Å². The number of amides is 2. The summed E-state index contributed by atoms with van der Waals surface area (Å²) in [7, 11) is 0. The molecule has 10 heteroatoms. The topological polar surface area (TPSA) is 152 Å². The van der Waals surface area contributed by atoms with Gasteiger partial charge in [-0.05, 0) is 18.2 Å². The average Bonchev–Trinajstić information content (AvgIpc) is 2.60. The molecule has 1 saturated heterocycles. The van der Waals surface area contributed by atoms with Crippen LogP contribution in [-0.4, -0.2) is 71.5 Å². The van der Waals surface area contributed by atoms with E-state index in [-0.39, 0.29) is 23.0 Å². The van der Waals surface area contributed by atoms with Crippen LogP contribution in [0, 0.1) is 5.41 Å². The number of hydrogen-bond acceptors (Lipinski definition) is 5. The molecule has 0 radical (unpaired) electrons. The van der Waals surface area contributed by atoms with Crippen molar-refractivity contribution in [2.45, 2.75) is 0 Å². The molecular formula is C15H20N6O4. The Kier molecular flexibility index (Phi) is 5.90. The maximum Gasteiger partial charge on any atom is 0.322 e. The molecule has 1 fully saturated rings. The summed E-state index contributed by atoms with van der Waals surface area (Å²) >= 11 is 0. The number of hydrazine groups is 1. The van der Waals surface area contributed by atoms with Gasteiger partial charge in [0.1, 0.15) is 6.54 Å². The van der Waals surface area contributed by atoms with Gasteiger partial charge >= 0.3 is 5.97 Å². The summed E-state index contributed by atoms with van der Waals surface area (Å²) in [6.07, 6.45) is 0. The minimum Gasteiger partial charge on any atom is -0.480 e. The molecule has 0 atom stereocenters. The van der Waals surface area contributed by atoms with Crippen molar-refractivity contribution in [3.63, 3.8) is 0 Å². The van der Waals surface area contributed by atoms with Gasteiger partial charge in [0.15, 0.2) is 5.96 Å². The molecule has 134 valence electrons. The first-order valence-corrected chi connectivity index (χ1v) is 7.62. The predicted molar refractivity (Wildman–Crippen MR) is 88.9 cm³/mol. The Bertz CT molecular complexity index is 684. The Morgan fingerprint density at radius 3 is 2.28 bits per heavy atom. The highest BCUT2D eigenvalue weighted by molar-refractivity contribution is 6.00. The third-order valence-corrected chi connectivity index (χ3v) is 3.67. The summed E-state index contributed by atoms with van der Waals surface area (Å²) in [5.41, 5.74) is 8.66. The monoisotopic (exact) mass is 348 g/mol. The van der Waals surface area contributed by atoms with Crippen LogP contribution in [0.15, 0.2) is 24.3 Å². The Labute approximate surface area is 144 Å².